The summed E-state index contributed by atoms with van der Waals surface area (Å²) >= 11 is 0. The Balaban J connectivity index is 0.00000280. The highest BCUT2D eigenvalue weighted by Crippen LogP contribution is 2.20. The van der Waals surface area contributed by atoms with Crippen molar-refractivity contribution in [1.29, 1.82) is 0 Å². The Kier molecular flexibility index (Phi) is 8.62. The maximum absolute atomic E-state index is 5.23. The van der Waals surface area contributed by atoms with Gasteiger partial charge in [0, 0.05) is 57.7 Å². The largest absolute Gasteiger partial charge is 0.497 e. The van der Waals surface area contributed by atoms with Crippen molar-refractivity contribution in [3.05, 3.63) is 48.2 Å². The summed E-state index contributed by atoms with van der Waals surface area (Å²) < 4.78 is 10.3. The van der Waals surface area contributed by atoms with E-state index in [1.807, 2.05) is 37.5 Å². The van der Waals surface area contributed by atoms with Gasteiger partial charge in [-0.25, -0.2) is 4.98 Å². The van der Waals surface area contributed by atoms with Crippen LogP contribution in [0.2, 0.25) is 0 Å². The number of nitrogens with one attached hydrogen (secondary N) is 1. The summed E-state index contributed by atoms with van der Waals surface area (Å²) in [7, 11) is 5.13. The maximum Gasteiger partial charge on any atom is 0.212 e. The summed E-state index contributed by atoms with van der Waals surface area (Å²) in [4.78, 5) is 13.3. The molecule has 1 aromatic carbocycles. The number of benzene rings is 1. The summed E-state index contributed by atoms with van der Waals surface area (Å²) in [5.41, 5.74) is 2.32. The van der Waals surface area contributed by atoms with Crippen molar-refractivity contribution < 1.29 is 9.47 Å². The lowest BCUT2D eigenvalue weighted by atomic mass is 10.2. The highest BCUT2D eigenvalue weighted by molar-refractivity contribution is 14.0. The van der Waals surface area contributed by atoms with E-state index in [-0.39, 0.29) is 24.0 Å². The van der Waals surface area contributed by atoms with E-state index >= 15 is 0 Å². The molecule has 0 spiro atoms. The minimum absolute atomic E-state index is 0. The topological polar surface area (TPSA) is 62.2 Å². The van der Waals surface area contributed by atoms with Crippen LogP contribution in [0, 0.1) is 0 Å². The van der Waals surface area contributed by atoms with Crippen LogP contribution in [-0.4, -0.2) is 63.3 Å². The van der Waals surface area contributed by atoms with Crippen molar-refractivity contribution in [1.82, 2.24) is 15.2 Å². The smallest absolute Gasteiger partial charge is 0.212 e. The summed E-state index contributed by atoms with van der Waals surface area (Å²) in [5.74, 6) is 2.42. The average Bonchev–Trinajstić information content (AvgIpc) is 2.75. The molecule has 1 aromatic heterocycles. The Morgan fingerprint density at radius 3 is 2.29 bits per heavy atom. The predicted molar refractivity (Wildman–Crippen MR) is 123 cm³/mol. The molecule has 0 bridgehead atoms. The van der Waals surface area contributed by atoms with Gasteiger partial charge in [0.25, 0.3) is 0 Å². The third kappa shape index (κ3) is 5.63. The number of anilines is 1. The molecule has 152 valence electrons. The van der Waals surface area contributed by atoms with Crippen LogP contribution in [0.25, 0.3) is 0 Å². The lowest BCUT2D eigenvalue weighted by Crippen LogP contribution is -2.52. The molecule has 1 aliphatic rings. The maximum atomic E-state index is 5.23. The van der Waals surface area contributed by atoms with Gasteiger partial charge in [-0.05, 0) is 29.8 Å². The fraction of sp³-hybridized carbons (Fsp3) is 0.400. The van der Waals surface area contributed by atoms with Crippen molar-refractivity contribution in [2.75, 3.05) is 52.3 Å². The van der Waals surface area contributed by atoms with Gasteiger partial charge < -0.3 is 24.6 Å². The molecular weight excluding hydrogens is 469 g/mol. The molecule has 0 unspecified atom stereocenters. The first-order valence-corrected chi connectivity index (χ1v) is 9.07. The van der Waals surface area contributed by atoms with Gasteiger partial charge in [-0.2, -0.15) is 0 Å². The SMILES string of the molecule is CN=C(NCc1ccc(OC)nc1)N1CCN(c2ccc(OC)cc2)CC1.I. The van der Waals surface area contributed by atoms with Gasteiger partial charge in [-0.1, -0.05) is 6.07 Å². The minimum Gasteiger partial charge on any atom is -0.497 e. The zero-order valence-electron chi connectivity index (χ0n) is 16.6. The molecule has 1 aliphatic heterocycles. The first-order valence-electron chi connectivity index (χ1n) is 9.07. The summed E-state index contributed by atoms with van der Waals surface area (Å²) in [5, 5.41) is 3.42. The van der Waals surface area contributed by atoms with Gasteiger partial charge in [-0.3, -0.25) is 4.99 Å². The molecule has 0 saturated carbocycles. The van der Waals surface area contributed by atoms with Crippen molar-refractivity contribution in [3.63, 3.8) is 0 Å². The van der Waals surface area contributed by atoms with Gasteiger partial charge in [0.2, 0.25) is 5.88 Å². The van der Waals surface area contributed by atoms with Crippen molar-refractivity contribution in [3.8, 4) is 11.6 Å². The van der Waals surface area contributed by atoms with E-state index in [0.29, 0.717) is 12.4 Å². The van der Waals surface area contributed by atoms with E-state index in [1.165, 1.54) is 5.69 Å². The van der Waals surface area contributed by atoms with Crippen LogP contribution >= 0.6 is 24.0 Å². The van der Waals surface area contributed by atoms with E-state index in [0.717, 1.165) is 43.5 Å². The first-order chi connectivity index (χ1) is 13.2. The van der Waals surface area contributed by atoms with E-state index in [2.05, 4.69) is 37.2 Å². The van der Waals surface area contributed by atoms with E-state index in [1.54, 1.807) is 14.2 Å². The van der Waals surface area contributed by atoms with Crippen LogP contribution < -0.4 is 19.7 Å². The Labute approximate surface area is 183 Å². The number of methoxy groups -OCH3 is 2. The van der Waals surface area contributed by atoms with Gasteiger partial charge in [0.05, 0.1) is 14.2 Å². The lowest BCUT2D eigenvalue weighted by molar-refractivity contribution is 0.372. The second-order valence-electron chi connectivity index (χ2n) is 6.28. The molecule has 8 heteroatoms. The Bertz CT molecular complexity index is 744. The first kappa shape index (κ1) is 22.1. The molecular formula is C20H28IN5O2. The third-order valence-electron chi connectivity index (χ3n) is 4.69. The number of aliphatic imine (C=N–C) groups is 1. The quantitative estimate of drug-likeness (QED) is 0.390. The molecule has 28 heavy (non-hydrogen) atoms. The summed E-state index contributed by atoms with van der Waals surface area (Å²) in [6, 6.07) is 12.1. The highest BCUT2D eigenvalue weighted by Gasteiger charge is 2.19. The normalized spacial score (nSPS) is 14.3. The second-order valence-corrected chi connectivity index (χ2v) is 6.28. The monoisotopic (exact) mass is 497 g/mol. The number of piperazine rings is 1. The van der Waals surface area contributed by atoms with Crippen LogP contribution in [-0.2, 0) is 6.54 Å². The fourth-order valence-corrected chi connectivity index (χ4v) is 3.12. The predicted octanol–water partition coefficient (Wildman–Crippen LogP) is 2.61. The van der Waals surface area contributed by atoms with Gasteiger partial charge in [0.15, 0.2) is 5.96 Å². The van der Waals surface area contributed by atoms with Crippen LogP contribution in [0.15, 0.2) is 47.6 Å². The molecule has 0 atom stereocenters. The molecule has 0 radical (unpaired) electrons. The number of hydrogen-bond acceptors (Lipinski definition) is 5. The minimum atomic E-state index is 0. The van der Waals surface area contributed by atoms with Crippen molar-refractivity contribution in [2.24, 2.45) is 4.99 Å². The molecule has 1 fully saturated rings. The number of ether oxygens (including phenoxy) is 2. The average molecular weight is 497 g/mol. The Morgan fingerprint density at radius 1 is 1.04 bits per heavy atom. The molecule has 7 nitrogen and oxygen atoms in total. The van der Waals surface area contributed by atoms with Crippen LogP contribution in [0.3, 0.4) is 0 Å². The standard InChI is InChI=1S/C20H27N5O2.HI/c1-21-20(23-15-16-4-9-19(27-3)22-14-16)25-12-10-24(11-13-25)17-5-7-18(26-2)8-6-17;/h4-9,14H,10-13,15H2,1-3H3,(H,21,23);1H. The second kappa shape index (κ2) is 10.9. The number of guanidine groups is 1. The fourth-order valence-electron chi connectivity index (χ4n) is 3.12. The van der Waals surface area contributed by atoms with Gasteiger partial charge in [-0.15, -0.1) is 24.0 Å². The number of pyridine rings is 1. The molecule has 0 aliphatic carbocycles. The van der Waals surface area contributed by atoms with Crippen LogP contribution in [0.5, 0.6) is 11.6 Å². The number of hydrogen-bond donors (Lipinski definition) is 1. The summed E-state index contributed by atoms with van der Waals surface area (Å²) in [6.45, 7) is 4.44. The number of halogens is 1. The zero-order chi connectivity index (χ0) is 19.1. The molecule has 0 amide bonds. The van der Waals surface area contributed by atoms with Crippen LogP contribution in [0.4, 0.5) is 5.69 Å². The van der Waals surface area contributed by atoms with Crippen molar-refractivity contribution >= 4 is 35.6 Å². The third-order valence-corrected chi connectivity index (χ3v) is 4.69. The molecule has 1 saturated heterocycles. The Morgan fingerprint density at radius 2 is 1.75 bits per heavy atom. The van der Waals surface area contributed by atoms with Crippen LogP contribution in [0.1, 0.15) is 5.56 Å². The summed E-state index contributed by atoms with van der Waals surface area (Å²) in [6.07, 6.45) is 1.82. The number of rotatable bonds is 5. The molecule has 2 aromatic rings. The van der Waals surface area contributed by atoms with E-state index in [9.17, 15) is 0 Å². The van der Waals surface area contributed by atoms with Gasteiger partial charge >= 0.3 is 0 Å². The zero-order valence-corrected chi connectivity index (χ0v) is 18.9. The van der Waals surface area contributed by atoms with Gasteiger partial charge in [0.1, 0.15) is 5.75 Å². The number of nitrogens with zero attached hydrogens (tertiary/aromatic N) is 4. The molecule has 3 rings (SSSR count). The van der Waals surface area contributed by atoms with Crippen molar-refractivity contribution in [2.45, 2.75) is 6.54 Å². The number of aromatic nitrogens is 1. The van der Waals surface area contributed by atoms with E-state index in [4.69, 9.17) is 9.47 Å². The lowest BCUT2D eigenvalue weighted by Gasteiger charge is -2.37. The molecule has 1 N–H and O–H groups in total. The van der Waals surface area contributed by atoms with E-state index < -0.39 is 0 Å². The molecule has 2 heterocycles. The Hall–Kier alpha value is -2.23. The highest BCUT2D eigenvalue weighted by atomic mass is 127.